The summed E-state index contributed by atoms with van der Waals surface area (Å²) in [5.74, 6) is 1.80. The van der Waals surface area contributed by atoms with Gasteiger partial charge in [-0.3, -0.25) is 9.36 Å². The molecule has 4 atom stereocenters. The van der Waals surface area contributed by atoms with Crippen LogP contribution in [0, 0.1) is 0 Å². The standard InChI is InChI=1S/C24H30N6O6/c1-29(7-3-2-4-15(31)8-14-5-6-16-17(9-14)35-13-34-16)10-18-20(32)21(33)24(36-18)30-12-28-19-22(25)26-11-27-23(19)30/h5-6,9,11-12,18,20-21,24,32-33H,2-4,7-8,10,13H2,1H3,(H2,25,26,27)/t18-,20-,21-,24-/m1/s1. The number of hydrogen-bond acceptors (Lipinski definition) is 11. The molecule has 0 amide bonds. The zero-order valence-corrected chi connectivity index (χ0v) is 20.0. The molecule has 5 rings (SSSR count). The van der Waals surface area contributed by atoms with Gasteiger partial charge in [0, 0.05) is 19.4 Å². The number of ketones is 1. The maximum atomic E-state index is 12.4. The largest absolute Gasteiger partial charge is 0.454 e. The Labute approximate surface area is 207 Å². The first-order chi connectivity index (χ1) is 17.4. The molecule has 1 fully saturated rings. The molecule has 0 radical (unpaired) electrons. The van der Waals surface area contributed by atoms with Crippen LogP contribution in [0.15, 0.2) is 30.9 Å². The van der Waals surface area contributed by atoms with Gasteiger partial charge in [0.05, 0.1) is 6.33 Å². The predicted molar refractivity (Wildman–Crippen MR) is 128 cm³/mol. The highest BCUT2D eigenvalue weighted by Crippen LogP contribution is 2.33. The lowest BCUT2D eigenvalue weighted by atomic mass is 10.0. The van der Waals surface area contributed by atoms with Gasteiger partial charge in [0.2, 0.25) is 6.79 Å². The zero-order valence-electron chi connectivity index (χ0n) is 20.0. The smallest absolute Gasteiger partial charge is 0.231 e. The Balaban J connectivity index is 1.07. The van der Waals surface area contributed by atoms with Gasteiger partial charge < -0.3 is 35.1 Å². The molecule has 36 heavy (non-hydrogen) atoms. The minimum atomic E-state index is -1.15. The highest BCUT2D eigenvalue weighted by molar-refractivity contribution is 5.81. The minimum absolute atomic E-state index is 0.175. The van der Waals surface area contributed by atoms with E-state index in [1.54, 1.807) is 4.57 Å². The molecule has 1 saturated heterocycles. The fraction of sp³-hybridized carbons (Fsp3) is 0.500. The molecule has 0 unspecified atom stereocenters. The summed E-state index contributed by atoms with van der Waals surface area (Å²) in [7, 11) is 1.92. The Morgan fingerprint density at radius 3 is 2.86 bits per heavy atom. The van der Waals surface area contributed by atoms with Gasteiger partial charge in [-0.2, -0.15) is 0 Å². The Morgan fingerprint density at radius 2 is 2.00 bits per heavy atom. The molecule has 0 saturated carbocycles. The van der Waals surface area contributed by atoms with Crippen molar-refractivity contribution in [3.8, 4) is 11.5 Å². The van der Waals surface area contributed by atoms with E-state index in [-0.39, 0.29) is 18.4 Å². The second-order valence-corrected chi connectivity index (χ2v) is 9.25. The van der Waals surface area contributed by atoms with Gasteiger partial charge in [0.1, 0.15) is 35.9 Å². The molecule has 4 N–H and O–H groups in total. The molecular weight excluding hydrogens is 468 g/mol. The SMILES string of the molecule is CN(CCCCC(=O)Cc1ccc2c(c1)OCO2)C[C@H]1O[C@@H](n2cnc3c(N)ncnc32)[C@H](O)[C@@H]1O. The van der Waals surface area contributed by atoms with E-state index in [0.29, 0.717) is 42.0 Å². The van der Waals surface area contributed by atoms with Crippen LogP contribution in [-0.2, 0) is 16.0 Å². The third kappa shape index (κ3) is 4.98. The van der Waals surface area contributed by atoms with E-state index in [1.807, 2.05) is 30.1 Å². The summed E-state index contributed by atoms with van der Waals surface area (Å²) in [4.78, 5) is 26.7. The number of carbonyl (C=O) groups excluding carboxylic acids is 1. The van der Waals surface area contributed by atoms with Crippen LogP contribution in [0.3, 0.4) is 0 Å². The first-order valence-corrected chi connectivity index (χ1v) is 11.9. The Kier molecular flexibility index (Phi) is 7.01. The maximum Gasteiger partial charge on any atom is 0.231 e. The second kappa shape index (κ2) is 10.3. The average molecular weight is 499 g/mol. The van der Waals surface area contributed by atoms with E-state index in [4.69, 9.17) is 19.9 Å². The molecule has 4 heterocycles. The number of likely N-dealkylation sites (N-methyl/N-ethyl adjacent to an activating group) is 1. The molecule has 12 nitrogen and oxygen atoms in total. The quantitative estimate of drug-likeness (QED) is 0.337. The van der Waals surface area contributed by atoms with Crippen molar-refractivity contribution in [1.82, 2.24) is 24.4 Å². The van der Waals surface area contributed by atoms with Crippen LogP contribution in [-0.4, -0.2) is 85.7 Å². The number of hydrogen-bond donors (Lipinski definition) is 3. The topological polar surface area (TPSA) is 158 Å². The molecule has 0 aliphatic carbocycles. The van der Waals surface area contributed by atoms with Crippen molar-refractivity contribution >= 4 is 22.8 Å². The lowest BCUT2D eigenvalue weighted by Gasteiger charge is -2.22. The van der Waals surface area contributed by atoms with Crippen LogP contribution in [0.1, 0.15) is 31.1 Å². The van der Waals surface area contributed by atoms with Crippen molar-refractivity contribution in [3.05, 3.63) is 36.4 Å². The van der Waals surface area contributed by atoms with Gasteiger partial charge in [-0.05, 0) is 44.1 Å². The van der Waals surface area contributed by atoms with Crippen LogP contribution < -0.4 is 15.2 Å². The van der Waals surface area contributed by atoms with Crippen molar-refractivity contribution in [3.63, 3.8) is 0 Å². The van der Waals surface area contributed by atoms with Crippen molar-refractivity contribution in [2.24, 2.45) is 0 Å². The number of imidazole rings is 1. The number of fused-ring (bicyclic) bond motifs is 2. The van der Waals surface area contributed by atoms with E-state index in [0.717, 1.165) is 24.9 Å². The third-order valence-corrected chi connectivity index (χ3v) is 6.57. The van der Waals surface area contributed by atoms with Gasteiger partial charge in [-0.15, -0.1) is 0 Å². The highest BCUT2D eigenvalue weighted by Gasteiger charge is 2.44. The van der Waals surface area contributed by atoms with E-state index in [2.05, 4.69) is 15.0 Å². The molecule has 2 aliphatic heterocycles. The molecule has 192 valence electrons. The van der Waals surface area contributed by atoms with Crippen LogP contribution in [0.4, 0.5) is 5.82 Å². The summed E-state index contributed by atoms with van der Waals surface area (Å²) in [5.41, 5.74) is 7.60. The van der Waals surface area contributed by atoms with Crippen molar-refractivity contribution < 1.29 is 29.2 Å². The van der Waals surface area contributed by atoms with Crippen LogP contribution >= 0.6 is 0 Å². The molecular formula is C24H30N6O6. The number of aliphatic hydroxyl groups is 2. The molecule has 1 aromatic carbocycles. The van der Waals surface area contributed by atoms with Crippen molar-refractivity contribution in [1.29, 1.82) is 0 Å². The van der Waals surface area contributed by atoms with E-state index >= 15 is 0 Å². The number of aliphatic hydroxyl groups excluding tert-OH is 2. The third-order valence-electron chi connectivity index (χ3n) is 6.57. The van der Waals surface area contributed by atoms with Crippen LogP contribution in [0.5, 0.6) is 11.5 Å². The number of anilines is 1. The fourth-order valence-electron chi connectivity index (χ4n) is 4.64. The number of aromatic nitrogens is 4. The van der Waals surface area contributed by atoms with Crippen molar-refractivity contribution in [2.45, 2.75) is 50.2 Å². The number of rotatable bonds is 10. The Bertz CT molecular complexity index is 1240. The second-order valence-electron chi connectivity index (χ2n) is 9.25. The normalized spacial score (nSPS) is 23.1. The van der Waals surface area contributed by atoms with E-state index in [9.17, 15) is 15.0 Å². The highest BCUT2D eigenvalue weighted by atomic mass is 16.7. The molecule has 2 aromatic heterocycles. The first-order valence-electron chi connectivity index (χ1n) is 11.9. The van der Waals surface area contributed by atoms with Gasteiger partial charge in [-0.25, -0.2) is 15.0 Å². The van der Waals surface area contributed by atoms with Crippen LogP contribution in [0.2, 0.25) is 0 Å². The summed E-state index contributed by atoms with van der Waals surface area (Å²) >= 11 is 0. The monoisotopic (exact) mass is 498 g/mol. The summed E-state index contributed by atoms with van der Waals surface area (Å²) in [5, 5.41) is 21.2. The maximum absolute atomic E-state index is 12.4. The van der Waals surface area contributed by atoms with Gasteiger partial charge in [-0.1, -0.05) is 6.07 Å². The Hall–Kier alpha value is -3.32. The fourth-order valence-corrected chi connectivity index (χ4v) is 4.64. The van der Waals surface area contributed by atoms with Gasteiger partial charge in [0.15, 0.2) is 29.2 Å². The van der Waals surface area contributed by atoms with Gasteiger partial charge >= 0.3 is 0 Å². The lowest BCUT2D eigenvalue weighted by molar-refractivity contribution is -0.118. The number of carbonyl (C=O) groups is 1. The number of ether oxygens (including phenoxy) is 3. The summed E-state index contributed by atoms with van der Waals surface area (Å²) in [6, 6.07) is 5.58. The minimum Gasteiger partial charge on any atom is -0.454 e. The van der Waals surface area contributed by atoms with Crippen LogP contribution in [0.25, 0.3) is 11.2 Å². The number of nitrogens with zero attached hydrogens (tertiary/aromatic N) is 5. The summed E-state index contributed by atoms with van der Waals surface area (Å²) in [6.45, 7) is 1.36. The molecule has 0 bridgehead atoms. The molecule has 12 heteroatoms. The number of Topliss-reactive ketones (excluding diaryl/α,β-unsaturated/α-hetero) is 1. The summed E-state index contributed by atoms with van der Waals surface area (Å²) in [6.07, 6.45) is 1.57. The predicted octanol–water partition coefficient (Wildman–Crippen LogP) is 0.670. The van der Waals surface area contributed by atoms with Crippen molar-refractivity contribution in [2.75, 3.05) is 32.7 Å². The Morgan fingerprint density at radius 1 is 1.17 bits per heavy atom. The van der Waals surface area contributed by atoms with E-state index in [1.165, 1.54) is 12.7 Å². The number of nitrogens with two attached hydrogens (primary N) is 1. The number of unbranched alkanes of at least 4 members (excludes halogenated alkanes) is 1. The number of benzene rings is 1. The van der Waals surface area contributed by atoms with E-state index < -0.39 is 24.5 Å². The van der Waals surface area contributed by atoms with Gasteiger partial charge in [0.25, 0.3) is 0 Å². The first kappa shape index (κ1) is 24.4. The lowest BCUT2D eigenvalue weighted by Crippen LogP contribution is -2.38. The average Bonchev–Trinajstić information content (AvgIpc) is 3.56. The summed E-state index contributed by atoms with van der Waals surface area (Å²) < 4.78 is 18.2. The molecule has 0 spiro atoms. The number of nitrogen functional groups attached to an aromatic ring is 1. The molecule has 2 aliphatic rings. The molecule has 3 aromatic rings. The zero-order chi connectivity index (χ0) is 25.2.